The van der Waals surface area contributed by atoms with Crippen LogP contribution in [-0.2, 0) is 16.5 Å². The maximum absolute atomic E-state index is 10.5. The zero-order valence-corrected chi connectivity index (χ0v) is 12.4. The van der Waals surface area contributed by atoms with Crippen molar-refractivity contribution in [2.75, 3.05) is 5.88 Å². The first-order valence-corrected chi connectivity index (χ1v) is 5.59. The quantitative estimate of drug-likeness (QED) is 0.372. The van der Waals surface area contributed by atoms with Crippen LogP contribution < -0.4 is 51.4 Å². The first kappa shape index (κ1) is 15.1. The van der Waals surface area contributed by atoms with Crippen molar-refractivity contribution in [1.29, 1.82) is 0 Å². The van der Waals surface area contributed by atoms with E-state index in [0.717, 1.165) is 5.56 Å². The molecule has 0 fully saturated rings. The fourth-order valence-electron chi connectivity index (χ4n) is 0.932. The number of hydrogen-bond donors (Lipinski definition) is 0. The number of hydrogen-bond acceptors (Lipinski definition) is 3. The number of halogens is 1. The molecule has 1 aromatic rings. The Balaban J connectivity index is 0.00000169. The predicted octanol–water partition coefficient (Wildman–Crippen LogP) is -1.62. The van der Waals surface area contributed by atoms with E-state index in [-0.39, 0.29) is 56.3 Å². The van der Waals surface area contributed by atoms with Gasteiger partial charge >= 0.3 is 51.4 Å². The minimum Gasteiger partial charge on any atom is -0.744 e. The van der Waals surface area contributed by atoms with Crippen LogP contribution in [0.5, 0.6) is 0 Å². The van der Waals surface area contributed by atoms with Gasteiger partial charge < -0.3 is 4.55 Å². The number of aryl methyl sites for hydroxylation is 1. The smallest absolute Gasteiger partial charge is 0.744 e. The van der Waals surface area contributed by atoms with Crippen molar-refractivity contribution in [3.05, 3.63) is 29.8 Å². The van der Waals surface area contributed by atoms with E-state index in [1.165, 1.54) is 12.1 Å². The van der Waals surface area contributed by atoms with E-state index in [1.807, 2.05) is 0 Å². The normalized spacial score (nSPS) is 10.7. The fourth-order valence-corrected chi connectivity index (χ4v) is 1.62. The Morgan fingerprint density at radius 3 is 2.07 bits per heavy atom. The predicted molar refractivity (Wildman–Crippen MR) is 48.8 cm³/mol. The molecule has 0 unspecified atom stereocenters. The van der Waals surface area contributed by atoms with Gasteiger partial charge in [0.15, 0.2) is 0 Å². The summed E-state index contributed by atoms with van der Waals surface area (Å²) in [6.45, 7) is 0. The van der Waals surface area contributed by atoms with E-state index in [0.29, 0.717) is 12.3 Å². The summed E-state index contributed by atoms with van der Waals surface area (Å²) < 4.78 is 31.6. The molecular formula is C8H8ClKO3S. The third-order valence-corrected chi connectivity index (χ3v) is 2.63. The Kier molecular flexibility index (Phi) is 7.10. The third-order valence-electron chi connectivity index (χ3n) is 1.60. The van der Waals surface area contributed by atoms with Gasteiger partial charge in [0.2, 0.25) is 0 Å². The van der Waals surface area contributed by atoms with E-state index < -0.39 is 10.1 Å². The van der Waals surface area contributed by atoms with E-state index in [9.17, 15) is 13.0 Å². The molecule has 0 saturated heterocycles. The SMILES string of the molecule is O=S(=O)([O-])c1ccc(CCCl)cc1.[K+]. The van der Waals surface area contributed by atoms with Gasteiger partial charge in [-0.05, 0) is 24.1 Å². The van der Waals surface area contributed by atoms with Gasteiger partial charge in [0.1, 0.15) is 10.1 Å². The minimum absolute atomic E-state index is 0. The number of rotatable bonds is 3. The van der Waals surface area contributed by atoms with Gasteiger partial charge in [0.05, 0.1) is 4.90 Å². The van der Waals surface area contributed by atoms with Gasteiger partial charge in [-0.25, -0.2) is 8.42 Å². The topological polar surface area (TPSA) is 57.2 Å². The first-order chi connectivity index (χ1) is 6.04. The molecule has 6 heteroatoms. The number of alkyl halides is 1. The Morgan fingerprint density at radius 1 is 1.21 bits per heavy atom. The maximum Gasteiger partial charge on any atom is 1.00 e. The molecule has 0 heterocycles. The summed E-state index contributed by atoms with van der Waals surface area (Å²) >= 11 is 5.49. The Labute approximate surface area is 131 Å². The van der Waals surface area contributed by atoms with Gasteiger partial charge in [0.25, 0.3) is 0 Å². The third kappa shape index (κ3) is 4.72. The van der Waals surface area contributed by atoms with Crippen molar-refractivity contribution in [2.24, 2.45) is 0 Å². The van der Waals surface area contributed by atoms with E-state index in [1.54, 1.807) is 12.1 Å². The molecule has 0 radical (unpaired) electrons. The van der Waals surface area contributed by atoms with Crippen molar-refractivity contribution in [3.63, 3.8) is 0 Å². The Morgan fingerprint density at radius 2 is 1.71 bits per heavy atom. The maximum atomic E-state index is 10.5. The molecule has 0 N–H and O–H groups in total. The van der Waals surface area contributed by atoms with Crippen LogP contribution in [0.2, 0.25) is 0 Å². The van der Waals surface area contributed by atoms with Gasteiger partial charge in [-0.15, -0.1) is 11.6 Å². The molecular weight excluding hydrogens is 251 g/mol. The molecule has 0 atom stereocenters. The van der Waals surface area contributed by atoms with Crippen LogP contribution in [0.3, 0.4) is 0 Å². The summed E-state index contributed by atoms with van der Waals surface area (Å²) in [5.74, 6) is 0.476. The molecule has 0 aliphatic heterocycles. The second-order valence-corrected chi connectivity index (χ2v) is 4.29. The summed E-state index contributed by atoms with van der Waals surface area (Å²) in [6.07, 6.45) is 0.667. The van der Waals surface area contributed by atoms with Crippen LogP contribution in [0.25, 0.3) is 0 Å². The van der Waals surface area contributed by atoms with Gasteiger partial charge in [-0.2, -0.15) is 0 Å². The Bertz CT molecular complexity index is 374. The summed E-state index contributed by atoms with van der Waals surface area (Å²) in [7, 11) is -4.32. The summed E-state index contributed by atoms with van der Waals surface area (Å²) in [5.41, 5.74) is 0.919. The van der Waals surface area contributed by atoms with Crippen LogP contribution in [0.15, 0.2) is 29.2 Å². The molecule has 72 valence electrons. The van der Waals surface area contributed by atoms with Crippen molar-refractivity contribution in [3.8, 4) is 0 Å². The molecule has 0 amide bonds. The Hall–Kier alpha value is 1.06. The molecule has 1 aromatic carbocycles. The largest absolute Gasteiger partial charge is 1.00 e. The molecule has 0 aliphatic carbocycles. The fraction of sp³-hybridized carbons (Fsp3) is 0.250. The van der Waals surface area contributed by atoms with Crippen LogP contribution in [0.1, 0.15) is 5.56 Å². The average molecular weight is 259 g/mol. The molecule has 0 saturated carbocycles. The molecule has 0 bridgehead atoms. The van der Waals surface area contributed by atoms with Crippen molar-refractivity contribution < 1.29 is 64.4 Å². The molecule has 0 aromatic heterocycles. The second-order valence-electron chi connectivity index (χ2n) is 2.54. The van der Waals surface area contributed by atoms with E-state index in [2.05, 4.69) is 0 Å². The van der Waals surface area contributed by atoms with Crippen LogP contribution in [-0.4, -0.2) is 18.9 Å². The van der Waals surface area contributed by atoms with Crippen molar-refractivity contribution >= 4 is 21.7 Å². The van der Waals surface area contributed by atoms with Crippen LogP contribution >= 0.6 is 11.6 Å². The first-order valence-electron chi connectivity index (χ1n) is 3.65. The molecule has 14 heavy (non-hydrogen) atoms. The van der Waals surface area contributed by atoms with Crippen LogP contribution in [0, 0.1) is 0 Å². The molecule has 3 nitrogen and oxygen atoms in total. The summed E-state index contributed by atoms with van der Waals surface area (Å²) in [5, 5.41) is 0. The zero-order chi connectivity index (χ0) is 9.90. The molecule has 0 spiro atoms. The van der Waals surface area contributed by atoms with Gasteiger partial charge in [0, 0.05) is 5.88 Å². The minimum atomic E-state index is -4.32. The summed E-state index contributed by atoms with van der Waals surface area (Å²) in [4.78, 5) is -0.203. The van der Waals surface area contributed by atoms with Crippen molar-refractivity contribution in [1.82, 2.24) is 0 Å². The van der Waals surface area contributed by atoms with Crippen molar-refractivity contribution in [2.45, 2.75) is 11.3 Å². The van der Waals surface area contributed by atoms with E-state index >= 15 is 0 Å². The van der Waals surface area contributed by atoms with Gasteiger partial charge in [-0.3, -0.25) is 0 Å². The average Bonchev–Trinajstić information content (AvgIpc) is 2.04. The molecule has 0 aliphatic rings. The van der Waals surface area contributed by atoms with Crippen LogP contribution in [0.4, 0.5) is 0 Å². The standard InChI is InChI=1S/C8H9ClO3S.K/c9-6-5-7-1-3-8(4-2-7)13(10,11)12;/h1-4H,5-6H2,(H,10,11,12);/q;+1/p-1. The zero-order valence-electron chi connectivity index (χ0n) is 7.73. The monoisotopic (exact) mass is 258 g/mol. The van der Waals surface area contributed by atoms with E-state index in [4.69, 9.17) is 11.6 Å². The number of benzene rings is 1. The second kappa shape index (κ2) is 6.60. The summed E-state index contributed by atoms with van der Waals surface area (Å²) in [6, 6.07) is 5.77. The van der Waals surface area contributed by atoms with Gasteiger partial charge in [-0.1, -0.05) is 12.1 Å². The molecule has 1 rings (SSSR count).